The fourth-order valence-electron chi connectivity index (χ4n) is 2.05. The number of rotatable bonds is 7. The number of nitrogens with one attached hydrogen (secondary N) is 1. The first kappa shape index (κ1) is 15.1. The first-order chi connectivity index (χ1) is 10.3. The largest absolute Gasteiger partial charge is 0.457 e. The molecule has 21 heavy (non-hydrogen) atoms. The van der Waals surface area contributed by atoms with E-state index in [0.29, 0.717) is 13.0 Å². The molecule has 0 bridgehead atoms. The van der Waals surface area contributed by atoms with E-state index in [-0.39, 0.29) is 5.91 Å². The molecule has 0 saturated heterocycles. The number of amides is 1. The third-order valence-corrected chi connectivity index (χ3v) is 3.09. The molecule has 0 saturated carbocycles. The predicted molar refractivity (Wildman–Crippen MR) is 84.6 cm³/mol. The van der Waals surface area contributed by atoms with Gasteiger partial charge < -0.3 is 10.1 Å². The maximum absolute atomic E-state index is 11.4. The summed E-state index contributed by atoms with van der Waals surface area (Å²) in [4.78, 5) is 11.4. The van der Waals surface area contributed by atoms with Gasteiger partial charge in [-0.15, -0.1) is 0 Å². The Hall–Kier alpha value is -2.29. The highest BCUT2D eigenvalue weighted by Gasteiger charge is 2.01. The van der Waals surface area contributed by atoms with Crippen molar-refractivity contribution in [1.82, 2.24) is 5.32 Å². The van der Waals surface area contributed by atoms with Crippen molar-refractivity contribution in [1.29, 1.82) is 0 Å². The van der Waals surface area contributed by atoms with Gasteiger partial charge >= 0.3 is 0 Å². The van der Waals surface area contributed by atoms with Crippen LogP contribution >= 0.6 is 0 Å². The molecule has 0 fully saturated rings. The van der Waals surface area contributed by atoms with Gasteiger partial charge in [0.15, 0.2) is 0 Å². The quantitative estimate of drug-likeness (QED) is 0.836. The van der Waals surface area contributed by atoms with E-state index in [1.807, 2.05) is 61.5 Å². The van der Waals surface area contributed by atoms with Crippen LogP contribution in [0.2, 0.25) is 0 Å². The third kappa shape index (κ3) is 5.30. The zero-order valence-corrected chi connectivity index (χ0v) is 12.3. The van der Waals surface area contributed by atoms with Gasteiger partial charge in [0.2, 0.25) is 5.91 Å². The summed E-state index contributed by atoms with van der Waals surface area (Å²) >= 11 is 0. The molecule has 0 atom stereocenters. The van der Waals surface area contributed by atoms with Crippen LogP contribution in [0.4, 0.5) is 0 Å². The SMILES string of the molecule is CCCC(=O)NCCc1cccc(Oc2ccccc2)c1. The van der Waals surface area contributed by atoms with Crippen molar-refractivity contribution in [3.8, 4) is 11.5 Å². The minimum absolute atomic E-state index is 0.120. The molecule has 2 aromatic carbocycles. The standard InChI is InChI=1S/C18H21NO2/c1-2-7-18(20)19-13-12-15-8-6-11-17(14-15)21-16-9-4-3-5-10-16/h3-6,8-11,14H,2,7,12-13H2,1H3,(H,19,20). The zero-order chi connectivity index (χ0) is 14.9. The molecular weight excluding hydrogens is 262 g/mol. The Morgan fingerprint density at radius 3 is 2.57 bits per heavy atom. The van der Waals surface area contributed by atoms with Crippen LogP contribution in [-0.4, -0.2) is 12.5 Å². The average Bonchev–Trinajstić information content (AvgIpc) is 2.49. The van der Waals surface area contributed by atoms with Gasteiger partial charge in [-0.3, -0.25) is 4.79 Å². The summed E-state index contributed by atoms with van der Waals surface area (Å²) in [5.74, 6) is 1.76. The molecule has 0 radical (unpaired) electrons. The Morgan fingerprint density at radius 2 is 1.81 bits per heavy atom. The van der Waals surface area contributed by atoms with Crippen molar-refractivity contribution in [2.45, 2.75) is 26.2 Å². The average molecular weight is 283 g/mol. The van der Waals surface area contributed by atoms with Crippen molar-refractivity contribution >= 4 is 5.91 Å². The number of carbonyl (C=O) groups excluding carboxylic acids is 1. The highest BCUT2D eigenvalue weighted by molar-refractivity contribution is 5.75. The highest BCUT2D eigenvalue weighted by atomic mass is 16.5. The first-order valence-corrected chi connectivity index (χ1v) is 7.36. The zero-order valence-electron chi connectivity index (χ0n) is 12.3. The van der Waals surface area contributed by atoms with E-state index >= 15 is 0 Å². The van der Waals surface area contributed by atoms with E-state index < -0.39 is 0 Å². The van der Waals surface area contributed by atoms with Crippen LogP contribution in [0, 0.1) is 0 Å². The van der Waals surface area contributed by atoms with E-state index in [0.717, 1.165) is 29.9 Å². The van der Waals surface area contributed by atoms with Crippen LogP contribution in [0.1, 0.15) is 25.3 Å². The van der Waals surface area contributed by atoms with Gasteiger partial charge in [0.05, 0.1) is 0 Å². The van der Waals surface area contributed by atoms with Gasteiger partial charge in [0.25, 0.3) is 0 Å². The molecular formula is C18H21NO2. The van der Waals surface area contributed by atoms with Crippen molar-refractivity contribution < 1.29 is 9.53 Å². The lowest BCUT2D eigenvalue weighted by molar-refractivity contribution is -0.121. The van der Waals surface area contributed by atoms with E-state index in [1.54, 1.807) is 0 Å². The maximum atomic E-state index is 11.4. The summed E-state index contributed by atoms with van der Waals surface area (Å²) in [5.41, 5.74) is 1.15. The Kier molecular flexibility index (Phi) is 5.83. The van der Waals surface area contributed by atoms with E-state index in [9.17, 15) is 4.79 Å². The fraction of sp³-hybridized carbons (Fsp3) is 0.278. The Balaban J connectivity index is 1.87. The van der Waals surface area contributed by atoms with Crippen LogP contribution in [0.25, 0.3) is 0 Å². The molecule has 0 heterocycles. The summed E-state index contributed by atoms with van der Waals surface area (Å²) in [6, 6.07) is 17.7. The molecule has 0 unspecified atom stereocenters. The Bertz CT molecular complexity index is 566. The van der Waals surface area contributed by atoms with Gasteiger partial charge in [-0.25, -0.2) is 0 Å². The lowest BCUT2D eigenvalue weighted by atomic mass is 10.1. The van der Waals surface area contributed by atoms with Crippen LogP contribution in [0.15, 0.2) is 54.6 Å². The van der Waals surface area contributed by atoms with Gasteiger partial charge in [-0.2, -0.15) is 0 Å². The Labute approximate surface area is 126 Å². The molecule has 3 nitrogen and oxygen atoms in total. The van der Waals surface area contributed by atoms with Crippen molar-refractivity contribution in [2.75, 3.05) is 6.54 Å². The first-order valence-electron chi connectivity index (χ1n) is 7.36. The van der Waals surface area contributed by atoms with Crippen molar-refractivity contribution in [3.63, 3.8) is 0 Å². The maximum Gasteiger partial charge on any atom is 0.219 e. The topological polar surface area (TPSA) is 38.3 Å². The summed E-state index contributed by atoms with van der Waals surface area (Å²) in [6.07, 6.45) is 2.28. The van der Waals surface area contributed by atoms with Crippen LogP contribution in [0.3, 0.4) is 0 Å². The molecule has 1 N–H and O–H groups in total. The van der Waals surface area contributed by atoms with Crippen molar-refractivity contribution in [2.24, 2.45) is 0 Å². The predicted octanol–water partition coefficient (Wildman–Crippen LogP) is 3.94. The van der Waals surface area contributed by atoms with Crippen LogP contribution in [-0.2, 0) is 11.2 Å². The monoisotopic (exact) mass is 283 g/mol. The third-order valence-electron chi connectivity index (χ3n) is 3.09. The van der Waals surface area contributed by atoms with Gasteiger partial charge in [0, 0.05) is 13.0 Å². The van der Waals surface area contributed by atoms with Gasteiger partial charge in [-0.1, -0.05) is 37.3 Å². The summed E-state index contributed by atoms with van der Waals surface area (Å²) in [7, 11) is 0. The minimum atomic E-state index is 0.120. The molecule has 0 aliphatic carbocycles. The fourth-order valence-corrected chi connectivity index (χ4v) is 2.05. The summed E-state index contributed by atoms with van der Waals surface area (Å²) in [6.45, 7) is 2.66. The molecule has 0 aromatic heterocycles. The number of hydrogen-bond donors (Lipinski definition) is 1. The second-order valence-electron chi connectivity index (χ2n) is 4.91. The van der Waals surface area contributed by atoms with E-state index in [1.165, 1.54) is 0 Å². The van der Waals surface area contributed by atoms with Gasteiger partial charge in [0.1, 0.15) is 11.5 Å². The lowest BCUT2D eigenvalue weighted by Gasteiger charge is -2.08. The molecule has 1 amide bonds. The van der Waals surface area contributed by atoms with E-state index in [4.69, 9.17) is 4.74 Å². The molecule has 2 aromatic rings. The number of hydrogen-bond acceptors (Lipinski definition) is 2. The summed E-state index contributed by atoms with van der Waals surface area (Å²) < 4.78 is 5.80. The molecule has 110 valence electrons. The molecule has 0 spiro atoms. The molecule has 0 aliphatic heterocycles. The number of carbonyl (C=O) groups is 1. The number of ether oxygens (including phenoxy) is 1. The normalized spacial score (nSPS) is 10.1. The molecule has 2 rings (SSSR count). The highest BCUT2D eigenvalue weighted by Crippen LogP contribution is 2.21. The van der Waals surface area contributed by atoms with Gasteiger partial charge in [-0.05, 0) is 42.7 Å². The second-order valence-corrected chi connectivity index (χ2v) is 4.91. The van der Waals surface area contributed by atoms with E-state index in [2.05, 4.69) is 5.32 Å². The number of para-hydroxylation sites is 1. The second kappa shape index (κ2) is 8.10. The minimum Gasteiger partial charge on any atom is -0.457 e. The van der Waals surface area contributed by atoms with Crippen molar-refractivity contribution in [3.05, 3.63) is 60.2 Å². The Morgan fingerprint density at radius 1 is 1.05 bits per heavy atom. The molecule has 0 aliphatic rings. The molecule has 3 heteroatoms. The smallest absolute Gasteiger partial charge is 0.219 e. The van der Waals surface area contributed by atoms with Crippen LogP contribution < -0.4 is 10.1 Å². The summed E-state index contributed by atoms with van der Waals surface area (Å²) in [5, 5.41) is 2.92. The van der Waals surface area contributed by atoms with Crippen LogP contribution in [0.5, 0.6) is 11.5 Å². The number of benzene rings is 2. The lowest BCUT2D eigenvalue weighted by Crippen LogP contribution is -2.25.